The van der Waals surface area contributed by atoms with Crippen molar-refractivity contribution in [1.29, 1.82) is 0 Å². The highest BCUT2D eigenvalue weighted by Crippen LogP contribution is 2.32. The van der Waals surface area contributed by atoms with Gasteiger partial charge >= 0.3 is 0 Å². The Morgan fingerprint density at radius 1 is 1.00 bits per heavy atom. The molecule has 0 saturated carbocycles. The largest absolute Gasteiger partial charge is 0.298 e. The van der Waals surface area contributed by atoms with Gasteiger partial charge in [0, 0.05) is 5.56 Å². The van der Waals surface area contributed by atoms with Crippen LogP contribution < -0.4 is 0 Å². The van der Waals surface area contributed by atoms with Gasteiger partial charge in [-0.2, -0.15) is 0 Å². The third-order valence-corrected chi connectivity index (χ3v) is 3.06. The van der Waals surface area contributed by atoms with E-state index in [1.54, 1.807) is 32.0 Å². The predicted octanol–water partition coefficient (Wildman–Crippen LogP) is 4.20. The number of aryl methyl sites for hydroxylation is 2. The van der Waals surface area contributed by atoms with Gasteiger partial charge in [0.1, 0.15) is 5.82 Å². The summed E-state index contributed by atoms with van der Waals surface area (Å²) in [5.41, 5.74) is 0.944. The van der Waals surface area contributed by atoms with Crippen molar-refractivity contribution >= 4 is 6.29 Å². The maximum atomic E-state index is 14.1. The summed E-state index contributed by atoms with van der Waals surface area (Å²) in [5.74, 6) is -3.73. The lowest BCUT2D eigenvalue weighted by Gasteiger charge is -2.12. The molecule has 0 aromatic heterocycles. The van der Waals surface area contributed by atoms with Gasteiger partial charge in [-0.15, -0.1) is 0 Å². The standard InChI is InChI=1S/C15H11F3O/c1-8-4-3-5-9(2)13(8)10-6-12(16)15(18)11(7-19)14(10)17/h3-7H,1-2H3. The van der Waals surface area contributed by atoms with Gasteiger partial charge in [-0.05, 0) is 36.6 Å². The monoisotopic (exact) mass is 264 g/mol. The maximum absolute atomic E-state index is 14.1. The molecule has 0 aliphatic rings. The molecule has 0 N–H and O–H groups in total. The van der Waals surface area contributed by atoms with Crippen LogP contribution in [0.3, 0.4) is 0 Å². The third kappa shape index (κ3) is 2.14. The Morgan fingerprint density at radius 2 is 1.58 bits per heavy atom. The Balaban J connectivity index is 2.84. The Bertz CT molecular complexity index is 643. The van der Waals surface area contributed by atoms with Crippen LogP contribution in [0.4, 0.5) is 13.2 Å². The summed E-state index contributed by atoms with van der Waals surface area (Å²) in [6.07, 6.45) is -0.00907. The van der Waals surface area contributed by atoms with E-state index in [4.69, 9.17) is 0 Å². The molecule has 0 saturated heterocycles. The topological polar surface area (TPSA) is 17.1 Å². The normalized spacial score (nSPS) is 10.6. The highest BCUT2D eigenvalue weighted by atomic mass is 19.2. The summed E-state index contributed by atoms with van der Waals surface area (Å²) < 4.78 is 40.9. The molecule has 0 bridgehead atoms. The van der Waals surface area contributed by atoms with Gasteiger partial charge < -0.3 is 0 Å². The first-order chi connectivity index (χ1) is 8.97. The zero-order valence-corrected chi connectivity index (χ0v) is 10.4. The Morgan fingerprint density at radius 3 is 2.11 bits per heavy atom. The van der Waals surface area contributed by atoms with Gasteiger partial charge in [-0.3, -0.25) is 4.79 Å². The first kappa shape index (κ1) is 13.3. The number of carbonyl (C=O) groups excluding carboxylic acids is 1. The van der Waals surface area contributed by atoms with Crippen LogP contribution in [0.2, 0.25) is 0 Å². The van der Waals surface area contributed by atoms with E-state index in [9.17, 15) is 18.0 Å². The molecule has 0 aliphatic heterocycles. The minimum absolute atomic E-state index is 0.00907. The van der Waals surface area contributed by atoms with Gasteiger partial charge in [0.15, 0.2) is 17.9 Å². The fraction of sp³-hybridized carbons (Fsp3) is 0.133. The molecule has 0 radical (unpaired) electrons. The van der Waals surface area contributed by atoms with E-state index in [2.05, 4.69) is 0 Å². The van der Waals surface area contributed by atoms with Crippen LogP contribution in [0.15, 0.2) is 24.3 Å². The van der Waals surface area contributed by atoms with Gasteiger partial charge in [-0.25, -0.2) is 13.2 Å². The zero-order chi connectivity index (χ0) is 14.2. The summed E-state index contributed by atoms with van der Waals surface area (Å²) in [7, 11) is 0. The van der Waals surface area contributed by atoms with Crippen molar-refractivity contribution in [2.24, 2.45) is 0 Å². The summed E-state index contributed by atoms with van der Waals surface area (Å²) in [5, 5.41) is 0. The number of halogens is 3. The van der Waals surface area contributed by atoms with Crippen molar-refractivity contribution in [3.63, 3.8) is 0 Å². The molecular weight excluding hydrogens is 253 g/mol. The average molecular weight is 264 g/mol. The number of hydrogen-bond acceptors (Lipinski definition) is 1. The van der Waals surface area contributed by atoms with Gasteiger partial charge in [0.25, 0.3) is 0 Å². The van der Waals surface area contributed by atoms with Crippen molar-refractivity contribution in [3.05, 3.63) is 58.4 Å². The summed E-state index contributed by atoms with van der Waals surface area (Å²) >= 11 is 0. The Hall–Kier alpha value is -2.10. The summed E-state index contributed by atoms with van der Waals surface area (Å²) in [4.78, 5) is 10.7. The van der Waals surface area contributed by atoms with Gasteiger partial charge in [-0.1, -0.05) is 18.2 Å². The lowest BCUT2D eigenvalue weighted by molar-refractivity contribution is 0.111. The van der Waals surface area contributed by atoms with Crippen LogP contribution in [-0.4, -0.2) is 6.29 Å². The highest BCUT2D eigenvalue weighted by molar-refractivity contribution is 5.81. The molecule has 2 rings (SSSR count). The molecule has 98 valence electrons. The minimum atomic E-state index is -1.46. The second-order valence-corrected chi connectivity index (χ2v) is 4.33. The number of hydrogen-bond donors (Lipinski definition) is 0. The van der Waals surface area contributed by atoms with E-state index in [0.29, 0.717) is 5.56 Å². The number of benzene rings is 2. The highest BCUT2D eigenvalue weighted by Gasteiger charge is 2.20. The average Bonchev–Trinajstić information content (AvgIpc) is 2.36. The van der Waals surface area contributed by atoms with E-state index in [1.807, 2.05) is 0 Å². The van der Waals surface area contributed by atoms with E-state index in [-0.39, 0.29) is 11.8 Å². The fourth-order valence-corrected chi connectivity index (χ4v) is 2.15. The summed E-state index contributed by atoms with van der Waals surface area (Å²) in [6.45, 7) is 3.48. The van der Waals surface area contributed by atoms with Gasteiger partial charge in [0.05, 0.1) is 5.56 Å². The van der Waals surface area contributed by atoms with Crippen LogP contribution in [-0.2, 0) is 0 Å². The molecular formula is C15H11F3O. The maximum Gasteiger partial charge on any atom is 0.172 e. The molecule has 0 fully saturated rings. The van der Waals surface area contributed by atoms with Crippen molar-refractivity contribution in [3.8, 4) is 11.1 Å². The first-order valence-corrected chi connectivity index (χ1v) is 5.66. The van der Waals surface area contributed by atoms with Crippen LogP contribution >= 0.6 is 0 Å². The van der Waals surface area contributed by atoms with Crippen LogP contribution in [0.5, 0.6) is 0 Å². The smallest absolute Gasteiger partial charge is 0.172 e. The Kier molecular flexibility index (Phi) is 3.42. The SMILES string of the molecule is Cc1cccc(C)c1-c1cc(F)c(F)c(C=O)c1F. The van der Waals surface area contributed by atoms with E-state index >= 15 is 0 Å². The Labute approximate surface area is 108 Å². The molecule has 0 heterocycles. The van der Waals surface area contributed by atoms with Crippen LogP contribution in [0.1, 0.15) is 21.5 Å². The second-order valence-electron chi connectivity index (χ2n) is 4.33. The molecule has 0 atom stereocenters. The predicted molar refractivity (Wildman–Crippen MR) is 66.6 cm³/mol. The van der Waals surface area contributed by atoms with Crippen molar-refractivity contribution < 1.29 is 18.0 Å². The van der Waals surface area contributed by atoms with E-state index < -0.39 is 23.0 Å². The van der Waals surface area contributed by atoms with Crippen molar-refractivity contribution in [1.82, 2.24) is 0 Å². The molecule has 0 unspecified atom stereocenters. The van der Waals surface area contributed by atoms with E-state index in [1.165, 1.54) is 0 Å². The number of aldehydes is 1. The first-order valence-electron chi connectivity index (χ1n) is 5.66. The quantitative estimate of drug-likeness (QED) is 0.587. The fourth-order valence-electron chi connectivity index (χ4n) is 2.15. The molecule has 0 amide bonds. The van der Waals surface area contributed by atoms with Crippen LogP contribution in [0, 0.1) is 31.3 Å². The molecule has 2 aromatic carbocycles. The molecule has 0 aliphatic carbocycles. The number of carbonyl (C=O) groups is 1. The molecule has 19 heavy (non-hydrogen) atoms. The van der Waals surface area contributed by atoms with Gasteiger partial charge in [0.2, 0.25) is 0 Å². The zero-order valence-electron chi connectivity index (χ0n) is 10.4. The lowest BCUT2D eigenvalue weighted by atomic mass is 9.94. The molecule has 2 aromatic rings. The molecule has 4 heteroatoms. The van der Waals surface area contributed by atoms with Crippen molar-refractivity contribution in [2.75, 3.05) is 0 Å². The van der Waals surface area contributed by atoms with Crippen molar-refractivity contribution in [2.45, 2.75) is 13.8 Å². The minimum Gasteiger partial charge on any atom is -0.298 e. The number of rotatable bonds is 2. The van der Waals surface area contributed by atoms with E-state index in [0.717, 1.165) is 17.2 Å². The second kappa shape index (κ2) is 4.88. The van der Waals surface area contributed by atoms with Crippen LogP contribution in [0.25, 0.3) is 11.1 Å². The molecule has 0 spiro atoms. The molecule has 1 nitrogen and oxygen atoms in total. The third-order valence-electron chi connectivity index (χ3n) is 3.06. The summed E-state index contributed by atoms with van der Waals surface area (Å²) in [6, 6.07) is 6.05. The lowest BCUT2D eigenvalue weighted by Crippen LogP contribution is -2.02.